The van der Waals surface area contributed by atoms with Crippen LogP contribution < -0.4 is 11.0 Å². The minimum Gasteiger partial charge on any atom is -0.381 e. The highest BCUT2D eigenvalue weighted by molar-refractivity contribution is 5.95. The van der Waals surface area contributed by atoms with E-state index in [0.717, 1.165) is 41.5 Å². The maximum atomic E-state index is 13.6. The normalized spacial score (nSPS) is 17.3. The third-order valence-electron chi connectivity index (χ3n) is 8.95. The van der Waals surface area contributed by atoms with Crippen LogP contribution in [-0.4, -0.2) is 44.5 Å². The van der Waals surface area contributed by atoms with Crippen LogP contribution in [0, 0.1) is 5.92 Å². The second kappa shape index (κ2) is 12.0. The van der Waals surface area contributed by atoms with Gasteiger partial charge in [-0.2, -0.15) is 5.10 Å². The number of aromatic amines is 1. The molecule has 222 valence electrons. The van der Waals surface area contributed by atoms with Crippen LogP contribution in [0.5, 0.6) is 0 Å². The van der Waals surface area contributed by atoms with Crippen LogP contribution in [-0.2, 0) is 23.6 Å². The van der Waals surface area contributed by atoms with E-state index in [-0.39, 0.29) is 29.1 Å². The molecular weight excluding hydrogens is 514 g/mol. The van der Waals surface area contributed by atoms with Crippen molar-refractivity contribution in [3.63, 3.8) is 0 Å². The molecule has 8 heteroatoms. The molecule has 0 spiro atoms. The standard InChI is InChI=1S/C33H47N5O3/c1-21(2)38-30(35-36-32(38)40)25-13-12-23(19-27(25)33(3,4)5)26-20-29(31(39)34-24-14-16-41-17-15-24)37(6)28(26)18-22-10-8-7-9-11-22/h12-13,19-22,24H,7-11,14-18H2,1-6H3,(H,34,39)(H,36,40). The number of carbonyl (C=O) groups excluding carboxylic acids is 1. The number of hydrogen-bond donors (Lipinski definition) is 2. The second-order valence-corrected chi connectivity index (χ2v) is 13.3. The lowest BCUT2D eigenvalue weighted by atomic mass is 9.81. The Morgan fingerprint density at radius 2 is 1.78 bits per heavy atom. The number of nitrogens with one attached hydrogen (secondary N) is 2. The van der Waals surface area contributed by atoms with Crippen molar-refractivity contribution in [2.75, 3.05) is 13.2 Å². The zero-order valence-electron chi connectivity index (χ0n) is 25.7. The van der Waals surface area contributed by atoms with Gasteiger partial charge in [-0.15, -0.1) is 0 Å². The number of aromatic nitrogens is 4. The van der Waals surface area contributed by atoms with E-state index in [4.69, 9.17) is 4.74 Å². The first-order chi connectivity index (χ1) is 19.5. The summed E-state index contributed by atoms with van der Waals surface area (Å²) in [6.45, 7) is 12.0. The predicted octanol–water partition coefficient (Wildman–Crippen LogP) is 6.15. The Labute approximate surface area is 243 Å². The van der Waals surface area contributed by atoms with Crippen molar-refractivity contribution in [1.29, 1.82) is 0 Å². The minimum atomic E-state index is -0.197. The van der Waals surface area contributed by atoms with Gasteiger partial charge >= 0.3 is 5.69 Å². The van der Waals surface area contributed by atoms with E-state index in [9.17, 15) is 9.59 Å². The molecule has 1 aromatic carbocycles. The van der Waals surface area contributed by atoms with Crippen LogP contribution in [0.1, 0.15) is 107 Å². The molecule has 2 aromatic heterocycles. The van der Waals surface area contributed by atoms with E-state index in [1.165, 1.54) is 37.8 Å². The molecule has 2 N–H and O–H groups in total. The lowest BCUT2D eigenvalue weighted by Gasteiger charge is -2.25. The number of hydrogen-bond acceptors (Lipinski definition) is 4. The third kappa shape index (κ3) is 6.22. The number of ether oxygens (including phenoxy) is 1. The molecule has 3 aromatic rings. The van der Waals surface area contributed by atoms with Crippen molar-refractivity contribution >= 4 is 5.91 Å². The summed E-state index contributed by atoms with van der Waals surface area (Å²) in [5.74, 6) is 1.28. The SMILES string of the molecule is CC(C)n1c(-c2ccc(-c3cc(C(=O)NC4CCOCC4)n(C)c3CC3CCCCC3)cc2C(C)(C)C)n[nH]c1=O. The molecule has 2 aliphatic rings. The largest absolute Gasteiger partial charge is 0.381 e. The molecule has 0 bridgehead atoms. The van der Waals surface area contributed by atoms with Crippen LogP contribution in [0.25, 0.3) is 22.5 Å². The highest BCUT2D eigenvalue weighted by atomic mass is 16.5. The van der Waals surface area contributed by atoms with Gasteiger partial charge in [0.2, 0.25) is 0 Å². The number of nitrogens with zero attached hydrogens (tertiary/aromatic N) is 3. The van der Waals surface area contributed by atoms with E-state index >= 15 is 0 Å². The molecule has 1 aliphatic carbocycles. The van der Waals surface area contributed by atoms with E-state index in [1.807, 2.05) is 20.9 Å². The van der Waals surface area contributed by atoms with Crippen LogP contribution in [0.2, 0.25) is 0 Å². The summed E-state index contributed by atoms with van der Waals surface area (Å²) in [5, 5.41) is 10.4. The van der Waals surface area contributed by atoms with Gasteiger partial charge in [-0.3, -0.25) is 9.36 Å². The van der Waals surface area contributed by atoms with Crippen molar-refractivity contribution in [2.45, 2.75) is 103 Å². The van der Waals surface area contributed by atoms with Gasteiger partial charge in [0, 0.05) is 49.2 Å². The molecule has 1 saturated carbocycles. The average molecular weight is 562 g/mol. The highest BCUT2D eigenvalue weighted by Crippen LogP contribution is 2.39. The van der Waals surface area contributed by atoms with Gasteiger partial charge < -0.3 is 14.6 Å². The van der Waals surface area contributed by atoms with Gasteiger partial charge in [-0.05, 0) is 67.7 Å². The zero-order chi connectivity index (χ0) is 29.3. The van der Waals surface area contributed by atoms with Crippen LogP contribution in [0.15, 0.2) is 29.1 Å². The zero-order valence-corrected chi connectivity index (χ0v) is 25.7. The Morgan fingerprint density at radius 3 is 2.44 bits per heavy atom. The summed E-state index contributed by atoms with van der Waals surface area (Å²) in [6.07, 6.45) is 9.04. The van der Waals surface area contributed by atoms with Crippen LogP contribution >= 0.6 is 0 Å². The summed E-state index contributed by atoms with van der Waals surface area (Å²) in [5.41, 5.74) is 5.84. The van der Waals surface area contributed by atoms with E-state index < -0.39 is 0 Å². The summed E-state index contributed by atoms with van der Waals surface area (Å²) in [4.78, 5) is 26.2. The van der Waals surface area contributed by atoms with E-state index in [0.29, 0.717) is 30.7 Å². The Balaban J connectivity index is 1.59. The Kier molecular flexibility index (Phi) is 8.60. The lowest BCUT2D eigenvalue weighted by molar-refractivity contribution is 0.0692. The van der Waals surface area contributed by atoms with Gasteiger partial charge in [-0.1, -0.05) is 65.0 Å². The van der Waals surface area contributed by atoms with Crippen molar-refractivity contribution in [2.24, 2.45) is 13.0 Å². The minimum absolute atomic E-state index is 0.0133. The number of amides is 1. The topological polar surface area (TPSA) is 93.9 Å². The smallest absolute Gasteiger partial charge is 0.343 e. The summed E-state index contributed by atoms with van der Waals surface area (Å²) >= 11 is 0. The molecule has 1 amide bonds. The maximum Gasteiger partial charge on any atom is 0.343 e. The fourth-order valence-electron chi connectivity index (χ4n) is 6.62. The highest BCUT2D eigenvalue weighted by Gasteiger charge is 2.28. The molecule has 1 aliphatic heterocycles. The summed E-state index contributed by atoms with van der Waals surface area (Å²) < 4.78 is 9.35. The number of rotatable bonds is 7. The van der Waals surface area contributed by atoms with Crippen molar-refractivity contribution in [1.82, 2.24) is 24.6 Å². The first kappa shape index (κ1) is 29.4. The molecule has 1 saturated heterocycles. The fraction of sp³-hybridized carbons (Fsp3) is 0.606. The predicted molar refractivity (Wildman–Crippen MR) is 163 cm³/mol. The molecule has 0 unspecified atom stereocenters. The summed E-state index contributed by atoms with van der Waals surface area (Å²) in [7, 11) is 2.05. The Morgan fingerprint density at radius 1 is 1.07 bits per heavy atom. The van der Waals surface area contributed by atoms with Crippen molar-refractivity contribution in [3.05, 3.63) is 51.7 Å². The third-order valence-corrected chi connectivity index (χ3v) is 8.95. The lowest BCUT2D eigenvalue weighted by Crippen LogP contribution is -2.39. The molecule has 0 radical (unpaired) electrons. The van der Waals surface area contributed by atoms with E-state index in [2.05, 4.69) is 65.1 Å². The van der Waals surface area contributed by atoms with Gasteiger partial charge in [-0.25, -0.2) is 9.89 Å². The van der Waals surface area contributed by atoms with Gasteiger partial charge in [0.1, 0.15) is 5.69 Å². The average Bonchev–Trinajstić information content (AvgIpc) is 3.49. The maximum absolute atomic E-state index is 13.6. The second-order valence-electron chi connectivity index (χ2n) is 13.3. The van der Waals surface area contributed by atoms with Crippen LogP contribution in [0.4, 0.5) is 0 Å². The first-order valence-corrected chi connectivity index (χ1v) is 15.4. The summed E-state index contributed by atoms with van der Waals surface area (Å²) in [6, 6.07) is 8.70. The van der Waals surface area contributed by atoms with Crippen molar-refractivity contribution in [3.8, 4) is 22.5 Å². The van der Waals surface area contributed by atoms with Gasteiger partial charge in [0.25, 0.3) is 5.91 Å². The number of benzene rings is 1. The molecule has 8 nitrogen and oxygen atoms in total. The van der Waals surface area contributed by atoms with E-state index in [1.54, 1.807) is 4.57 Å². The monoisotopic (exact) mass is 561 g/mol. The molecule has 41 heavy (non-hydrogen) atoms. The molecule has 3 heterocycles. The van der Waals surface area contributed by atoms with Crippen LogP contribution in [0.3, 0.4) is 0 Å². The Bertz CT molecular complexity index is 1430. The van der Waals surface area contributed by atoms with Gasteiger partial charge in [0.05, 0.1) is 0 Å². The first-order valence-electron chi connectivity index (χ1n) is 15.4. The molecule has 5 rings (SSSR count). The number of H-pyrrole nitrogens is 1. The van der Waals surface area contributed by atoms with Gasteiger partial charge in [0.15, 0.2) is 5.82 Å². The molecule has 2 fully saturated rings. The molecular formula is C33H47N5O3. The van der Waals surface area contributed by atoms with Crippen molar-refractivity contribution < 1.29 is 9.53 Å². The quantitative estimate of drug-likeness (QED) is 0.362. The fourth-order valence-corrected chi connectivity index (χ4v) is 6.62. The molecule has 0 atom stereocenters. The number of carbonyl (C=O) groups is 1. The Hall–Kier alpha value is -3.13.